The maximum Gasteiger partial charge on any atom is 0.100 e. The molecule has 0 aliphatic carbocycles. The van der Waals surface area contributed by atoms with Gasteiger partial charge in [-0.05, 0) is 43.0 Å². The molecule has 0 radical (unpaired) electrons. The second-order valence-electron chi connectivity index (χ2n) is 4.18. The predicted molar refractivity (Wildman–Crippen MR) is 72.4 cm³/mol. The summed E-state index contributed by atoms with van der Waals surface area (Å²) in [4.78, 5) is 2.16. The fourth-order valence-electron chi connectivity index (χ4n) is 2.20. The molecule has 2 rings (SSSR count). The molecule has 1 fully saturated rings. The van der Waals surface area contributed by atoms with Crippen LogP contribution in [0.4, 0.5) is 5.69 Å². The van der Waals surface area contributed by atoms with Crippen molar-refractivity contribution in [2.24, 2.45) is 0 Å². The molecule has 1 N–H and O–H groups in total. The van der Waals surface area contributed by atoms with Crippen molar-refractivity contribution in [3.8, 4) is 0 Å². The van der Waals surface area contributed by atoms with Crippen LogP contribution in [0, 0.1) is 5.41 Å². The van der Waals surface area contributed by atoms with Crippen LogP contribution >= 0.6 is 15.9 Å². The maximum absolute atomic E-state index is 8.02. The molecule has 1 aromatic carbocycles. The van der Waals surface area contributed by atoms with Crippen LogP contribution < -0.4 is 4.90 Å². The van der Waals surface area contributed by atoms with Crippen molar-refractivity contribution >= 4 is 27.5 Å². The molecule has 1 saturated heterocycles. The summed E-state index contributed by atoms with van der Waals surface area (Å²) in [6.07, 6.45) is 4.28. The number of nitrogens with one attached hydrogen (secondary N) is 1. The van der Waals surface area contributed by atoms with E-state index in [0.29, 0.717) is 0 Å². The van der Waals surface area contributed by atoms with Crippen molar-refractivity contribution in [2.45, 2.75) is 32.6 Å². The Balaban J connectivity index is 2.34. The lowest BCUT2D eigenvalue weighted by Gasteiger charge is -2.31. The van der Waals surface area contributed by atoms with Gasteiger partial charge >= 0.3 is 0 Å². The van der Waals surface area contributed by atoms with Gasteiger partial charge in [-0.1, -0.05) is 22.9 Å². The number of anilines is 1. The molecule has 1 aliphatic heterocycles. The van der Waals surface area contributed by atoms with Gasteiger partial charge in [-0.2, -0.15) is 0 Å². The SMILES string of the molecule is CCc1cc(Br)ccc1N1CCCCC1=N. The predicted octanol–water partition coefficient (Wildman–Crippen LogP) is 3.98. The van der Waals surface area contributed by atoms with E-state index in [0.717, 1.165) is 36.1 Å². The van der Waals surface area contributed by atoms with E-state index in [-0.39, 0.29) is 0 Å². The molecular weight excluding hydrogens is 264 g/mol. The fourth-order valence-corrected chi connectivity index (χ4v) is 2.61. The summed E-state index contributed by atoms with van der Waals surface area (Å²) < 4.78 is 1.12. The van der Waals surface area contributed by atoms with Gasteiger partial charge in [-0.15, -0.1) is 0 Å². The second kappa shape index (κ2) is 5.00. The number of rotatable bonds is 2. The fraction of sp³-hybridized carbons (Fsp3) is 0.462. The summed E-state index contributed by atoms with van der Waals surface area (Å²) >= 11 is 3.50. The number of nitrogens with zero attached hydrogens (tertiary/aromatic N) is 1. The van der Waals surface area contributed by atoms with Crippen molar-refractivity contribution in [2.75, 3.05) is 11.4 Å². The molecule has 0 amide bonds. The molecule has 16 heavy (non-hydrogen) atoms. The smallest absolute Gasteiger partial charge is 0.100 e. The highest BCUT2D eigenvalue weighted by molar-refractivity contribution is 9.10. The third-order valence-corrected chi connectivity index (χ3v) is 3.58. The Kier molecular flexibility index (Phi) is 3.64. The molecule has 0 aromatic heterocycles. The normalized spacial score (nSPS) is 16.6. The average Bonchev–Trinajstić information content (AvgIpc) is 2.30. The summed E-state index contributed by atoms with van der Waals surface area (Å²) in [6.45, 7) is 3.16. The van der Waals surface area contributed by atoms with Crippen LogP contribution in [0.3, 0.4) is 0 Å². The zero-order valence-corrected chi connectivity index (χ0v) is 11.2. The molecule has 0 bridgehead atoms. The number of benzene rings is 1. The van der Waals surface area contributed by atoms with Gasteiger partial charge in [0, 0.05) is 23.1 Å². The van der Waals surface area contributed by atoms with Gasteiger partial charge in [0.25, 0.3) is 0 Å². The lowest BCUT2D eigenvalue weighted by atomic mass is 10.0. The summed E-state index contributed by atoms with van der Waals surface area (Å²) in [5.74, 6) is 0.767. The van der Waals surface area contributed by atoms with E-state index in [2.05, 4.69) is 46.0 Å². The number of aryl methyl sites for hydroxylation is 1. The van der Waals surface area contributed by atoms with E-state index < -0.39 is 0 Å². The molecule has 86 valence electrons. The van der Waals surface area contributed by atoms with Crippen molar-refractivity contribution in [3.63, 3.8) is 0 Å². The zero-order valence-electron chi connectivity index (χ0n) is 9.59. The largest absolute Gasteiger partial charge is 0.330 e. The van der Waals surface area contributed by atoms with Crippen molar-refractivity contribution in [3.05, 3.63) is 28.2 Å². The van der Waals surface area contributed by atoms with Gasteiger partial charge in [-0.25, -0.2) is 0 Å². The number of piperidine rings is 1. The van der Waals surface area contributed by atoms with E-state index in [9.17, 15) is 0 Å². The first-order valence-corrected chi connectivity index (χ1v) is 6.65. The number of halogens is 1. The third kappa shape index (κ3) is 2.29. The molecule has 0 atom stereocenters. The minimum absolute atomic E-state index is 0.767. The van der Waals surface area contributed by atoms with Gasteiger partial charge < -0.3 is 4.90 Å². The molecule has 3 heteroatoms. The quantitative estimate of drug-likeness (QED) is 0.872. The Morgan fingerprint density at radius 2 is 2.19 bits per heavy atom. The molecule has 0 saturated carbocycles. The minimum Gasteiger partial charge on any atom is -0.330 e. The summed E-state index contributed by atoms with van der Waals surface area (Å²) in [5, 5.41) is 8.02. The molecule has 0 spiro atoms. The first-order valence-electron chi connectivity index (χ1n) is 5.85. The number of amidine groups is 1. The highest BCUT2D eigenvalue weighted by atomic mass is 79.9. The van der Waals surface area contributed by atoms with Crippen LogP contribution in [0.15, 0.2) is 22.7 Å². The summed E-state index contributed by atoms with van der Waals surface area (Å²) in [5.41, 5.74) is 2.54. The summed E-state index contributed by atoms with van der Waals surface area (Å²) in [7, 11) is 0. The Morgan fingerprint density at radius 1 is 1.38 bits per heavy atom. The zero-order chi connectivity index (χ0) is 11.5. The number of hydrogen-bond acceptors (Lipinski definition) is 1. The Morgan fingerprint density at radius 3 is 2.88 bits per heavy atom. The number of hydrogen-bond donors (Lipinski definition) is 1. The van der Waals surface area contributed by atoms with Gasteiger partial charge in [-0.3, -0.25) is 5.41 Å². The second-order valence-corrected chi connectivity index (χ2v) is 5.10. The van der Waals surface area contributed by atoms with Crippen molar-refractivity contribution in [1.82, 2.24) is 0 Å². The molecule has 0 unspecified atom stereocenters. The van der Waals surface area contributed by atoms with Crippen LogP contribution in [-0.2, 0) is 6.42 Å². The highest BCUT2D eigenvalue weighted by Crippen LogP contribution is 2.28. The van der Waals surface area contributed by atoms with E-state index in [4.69, 9.17) is 5.41 Å². The standard InChI is InChI=1S/C13H17BrN2/c1-2-10-9-11(14)6-7-12(10)16-8-4-3-5-13(16)15/h6-7,9,15H,2-5,8H2,1H3. The third-order valence-electron chi connectivity index (χ3n) is 3.08. The van der Waals surface area contributed by atoms with Gasteiger partial charge in [0.1, 0.15) is 5.84 Å². The maximum atomic E-state index is 8.02. The minimum atomic E-state index is 0.767. The van der Waals surface area contributed by atoms with Crippen LogP contribution in [-0.4, -0.2) is 12.4 Å². The molecule has 1 aromatic rings. The molecular formula is C13H17BrN2. The van der Waals surface area contributed by atoms with Crippen LogP contribution in [0.25, 0.3) is 0 Å². The van der Waals surface area contributed by atoms with Crippen molar-refractivity contribution in [1.29, 1.82) is 5.41 Å². The summed E-state index contributed by atoms with van der Waals surface area (Å²) in [6, 6.07) is 6.36. The van der Waals surface area contributed by atoms with Gasteiger partial charge in [0.05, 0.1) is 0 Å². The Hall–Kier alpha value is -0.830. The average molecular weight is 281 g/mol. The lowest BCUT2D eigenvalue weighted by Crippen LogP contribution is -2.35. The van der Waals surface area contributed by atoms with Gasteiger partial charge in [0.15, 0.2) is 0 Å². The first kappa shape index (κ1) is 11.6. The van der Waals surface area contributed by atoms with Crippen molar-refractivity contribution < 1.29 is 0 Å². The monoisotopic (exact) mass is 280 g/mol. The van der Waals surface area contributed by atoms with E-state index in [1.807, 2.05) is 0 Å². The first-order chi connectivity index (χ1) is 7.72. The van der Waals surface area contributed by atoms with Gasteiger partial charge in [0.2, 0.25) is 0 Å². The van der Waals surface area contributed by atoms with E-state index in [1.165, 1.54) is 17.7 Å². The Bertz CT molecular complexity index is 401. The van der Waals surface area contributed by atoms with Crippen LogP contribution in [0.5, 0.6) is 0 Å². The topological polar surface area (TPSA) is 27.1 Å². The van der Waals surface area contributed by atoms with Crippen LogP contribution in [0.2, 0.25) is 0 Å². The Labute approximate surface area is 105 Å². The van der Waals surface area contributed by atoms with Crippen LogP contribution in [0.1, 0.15) is 31.7 Å². The molecule has 2 nitrogen and oxygen atoms in total. The lowest BCUT2D eigenvalue weighted by molar-refractivity contribution is 0.706. The molecule has 1 heterocycles. The highest BCUT2D eigenvalue weighted by Gasteiger charge is 2.18. The van der Waals surface area contributed by atoms with E-state index in [1.54, 1.807) is 0 Å². The molecule has 1 aliphatic rings. The van der Waals surface area contributed by atoms with E-state index >= 15 is 0 Å².